The second kappa shape index (κ2) is 5.77. The molecule has 0 radical (unpaired) electrons. The van der Waals surface area contributed by atoms with Gasteiger partial charge in [0, 0.05) is 17.8 Å². The van der Waals surface area contributed by atoms with Crippen LogP contribution in [0, 0.1) is 17.8 Å². The first-order valence-electron chi connectivity index (χ1n) is 8.22. The molecule has 3 N–H and O–H groups in total. The van der Waals surface area contributed by atoms with Gasteiger partial charge < -0.3 is 11.1 Å². The highest BCUT2D eigenvalue weighted by Gasteiger charge is 2.41. The number of nitrogen functional groups attached to an aromatic ring is 1. The van der Waals surface area contributed by atoms with Crippen molar-refractivity contribution < 1.29 is 0 Å². The van der Waals surface area contributed by atoms with Gasteiger partial charge in [-0.25, -0.2) is 0 Å². The average Bonchev–Trinajstić information content (AvgIpc) is 3.03. The highest BCUT2D eigenvalue weighted by molar-refractivity contribution is 5.39. The minimum absolute atomic E-state index is 0.535. The van der Waals surface area contributed by atoms with Crippen molar-refractivity contribution in [2.45, 2.75) is 58.0 Å². The van der Waals surface area contributed by atoms with Gasteiger partial charge in [0.15, 0.2) is 0 Å². The molecule has 0 aliphatic heterocycles. The average molecular weight is 272 g/mol. The summed E-state index contributed by atoms with van der Waals surface area (Å²) < 4.78 is 0. The van der Waals surface area contributed by atoms with E-state index in [-0.39, 0.29) is 0 Å². The van der Waals surface area contributed by atoms with Crippen molar-refractivity contribution in [2.75, 3.05) is 5.73 Å². The quantitative estimate of drug-likeness (QED) is 0.804. The molecule has 2 aliphatic carbocycles. The fraction of sp³-hybridized carbons (Fsp3) is 0.667. The van der Waals surface area contributed by atoms with Crippen LogP contribution in [0.5, 0.6) is 0 Å². The van der Waals surface area contributed by atoms with Crippen LogP contribution in [0.15, 0.2) is 24.3 Å². The van der Waals surface area contributed by atoms with Gasteiger partial charge in [0.1, 0.15) is 0 Å². The SMILES string of the molecule is CC(Cc1ccc(N)cc1)NC(C)C1CC2CCC1C2. The molecule has 0 spiro atoms. The van der Waals surface area contributed by atoms with Gasteiger partial charge in [-0.1, -0.05) is 18.6 Å². The summed E-state index contributed by atoms with van der Waals surface area (Å²) in [5, 5.41) is 3.84. The van der Waals surface area contributed by atoms with Crippen molar-refractivity contribution >= 4 is 5.69 Å². The van der Waals surface area contributed by atoms with Gasteiger partial charge in [-0.3, -0.25) is 0 Å². The first kappa shape index (κ1) is 13.9. The molecule has 2 bridgehead atoms. The summed E-state index contributed by atoms with van der Waals surface area (Å²) in [5.74, 6) is 2.97. The third-order valence-corrected chi connectivity index (χ3v) is 5.50. The molecule has 5 unspecified atom stereocenters. The third-order valence-electron chi connectivity index (χ3n) is 5.50. The maximum absolute atomic E-state index is 5.74. The molecule has 0 saturated heterocycles. The molecule has 2 nitrogen and oxygen atoms in total. The first-order chi connectivity index (χ1) is 9.61. The first-order valence-corrected chi connectivity index (χ1v) is 8.22. The van der Waals surface area contributed by atoms with Gasteiger partial charge in [-0.2, -0.15) is 0 Å². The molecule has 20 heavy (non-hydrogen) atoms. The summed E-state index contributed by atoms with van der Waals surface area (Å²) in [6.07, 6.45) is 7.03. The second-order valence-electron chi connectivity index (χ2n) is 7.14. The zero-order chi connectivity index (χ0) is 14.1. The Bertz CT molecular complexity index is 439. The Morgan fingerprint density at radius 3 is 2.50 bits per heavy atom. The second-order valence-corrected chi connectivity index (χ2v) is 7.14. The highest BCUT2D eigenvalue weighted by atomic mass is 14.9. The van der Waals surface area contributed by atoms with Crippen molar-refractivity contribution in [1.82, 2.24) is 5.32 Å². The number of hydrogen-bond acceptors (Lipinski definition) is 2. The van der Waals surface area contributed by atoms with E-state index in [2.05, 4.69) is 31.3 Å². The summed E-state index contributed by atoms with van der Waals surface area (Å²) in [6, 6.07) is 9.50. The Balaban J connectivity index is 1.51. The number of fused-ring (bicyclic) bond motifs is 2. The highest BCUT2D eigenvalue weighted by Crippen LogP contribution is 2.49. The van der Waals surface area contributed by atoms with E-state index >= 15 is 0 Å². The lowest BCUT2D eigenvalue weighted by atomic mass is 9.83. The fourth-order valence-electron chi connectivity index (χ4n) is 4.54. The van der Waals surface area contributed by atoms with E-state index in [9.17, 15) is 0 Å². The Hall–Kier alpha value is -1.02. The van der Waals surface area contributed by atoms with Gasteiger partial charge in [0.05, 0.1) is 0 Å². The van der Waals surface area contributed by atoms with E-state index in [0.29, 0.717) is 12.1 Å². The van der Waals surface area contributed by atoms with Crippen LogP contribution in [-0.4, -0.2) is 12.1 Å². The van der Waals surface area contributed by atoms with Crippen molar-refractivity contribution in [3.63, 3.8) is 0 Å². The minimum Gasteiger partial charge on any atom is -0.399 e. The molecule has 2 heteroatoms. The van der Waals surface area contributed by atoms with E-state index in [1.54, 1.807) is 0 Å². The maximum atomic E-state index is 5.74. The van der Waals surface area contributed by atoms with E-state index in [1.807, 2.05) is 12.1 Å². The molecule has 0 amide bonds. The van der Waals surface area contributed by atoms with Gasteiger partial charge >= 0.3 is 0 Å². The summed E-state index contributed by atoms with van der Waals surface area (Å²) in [6.45, 7) is 4.70. The van der Waals surface area contributed by atoms with E-state index in [4.69, 9.17) is 5.73 Å². The van der Waals surface area contributed by atoms with E-state index in [1.165, 1.54) is 31.2 Å². The Morgan fingerprint density at radius 1 is 1.15 bits per heavy atom. The minimum atomic E-state index is 0.535. The van der Waals surface area contributed by atoms with Gasteiger partial charge in [-0.15, -0.1) is 0 Å². The molecule has 5 atom stereocenters. The van der Waals surface area contributed by atoms with Crippen LogP contribution in [0.25, 0.3) is 0 Å². The van der Waals surface area contributed by atoms with Crippen LogP contribution in [0.1, 0.15) is 45.1 Å². The lowest BCUT2D eigenvalue weighted by molar-refractivity contribution is 0.247. The molecule has 1 aromatic carbocycles. The topological polar surface area (TPSA) is 38.0 Å². The van der Waals surface area contributed by atoms with Crippen molar-refractivity contribution in [1.29, 1.82) is 0 Å². The molecular formula is C18H28N2. The van der Waals surface area contributed by atoms with Crippen LogP contribution < -0.4 is 11.1 Å². The summed E-state index contributed by atoms with van der Waals surface area (Å²) in [5.41, 5.74) is 7.97. The van der Waals surface area contributed by atoms with Gasteiger partial charge in [0.25, 0.3) is 0 Å². The predicted octanol–water partition coefficient (Wildman–Crippen LogP) is 3.61. The van der Waals surface area contributed by atoms with Crippen LogP contribution >= 0.6 is 0 Å². The lowest BCUT2D eigenvalue weighted by Gasteiger charge is -2.31. The largest absolute Gasteiger partial charge is 0.399 e. The number of rotatable bonds is 5. The Kier molecular flexibility index (Phi) is 4.02. The molecule has 2 saturated carbocycles. The van der Waals surface area contributed by atoms with E-state index < -0.39 is 0 Å². The maximum Gasteiger partial charge on any atom is 0.0314 e. The smallest absolute Gasteiger partial charge is 0.0314 e. The van der Waals surface area contributed by atoms with Crippen LogP contribution in [0.3, 0.4) is 0 Å². The summed E-state index contributed by atoms with van der Waals surface area (Å²) in [7, 11) is 0. The van der Waals surface area contributed by atoms with Crippen LogP contribution in [0.2, 0.25) is 0 Å². The molecule has 1 aromatic rings. The van der Waals surface area contributed by atoms with E-state index in [0.717, 1.165) is 29.9 Å². The standard InChI is InChI=1S/C18H28N2/c1-12(9-14-4-7-17(19)8-5-14)20-13(2)18-11-15-3-6-16(18)10-15/h4-5,7-8,12-13,15-16,18,20H,3,6,9-11,19H2,1-2H3. The number of anilines is 1. The van der Waals surface area contributed by atoms with Gasteiger partial charge in [-0.05, 0) is 75.0 Å². The zero-order valence-electron chi connectivity index (χ0n) is 12.8. The summed E-state index contributed by atoms with van der Waals surface area (Å²) >= 11 is 0. The Morgan fingerprint density at radius 2 is 1.90 bits per heavy atom. The molecule has 2 fully saturated rings. The molecule has 0 heterocycles. The van der Waals surface area contributed by atoms with Crippen molar-refractivity contribution in [3.8, 4) is 0 Å². The monoisotopic (exact) mass is 272 g/mol. The molecule has 110 valence electrons. The number of nitrogens with one attached hydrogen (secondary N) is 1. The van der Waals surface area contributed by atoms with Gasteiger partial charge in [0.2, 0.25) is 0 Å². The molecule has 3 rings (SSSR count). The Labute approximate surface area is 123 Å². The molecular weight excluding hydrogens is 244 g/mol. The normalized spacial score (nSPS) is 31.4. The number of nitrogens with two attached hydrogens (primary N) is 1. The van der Waals surface area contributed by atoms with Crippen LogP contribution in [-0.2, 0) is 6.42 Å². The summed E-state index contributed by atoms with van der Waals surface area (Å²) in [4.78, 5) is 0. The third kappa shape index (κ3) is 3.01. The number of hydrogen-bond donors (Lipinski definition) is 2. The predicted molar refractivity (Wildman–Crippen MR) is 85.6 cm³/mol. The molecule has 0 aromatic heterocycles. The van der Waals surface area contributed by atoms with Crippen LogP contribution in [0.4, 0.5) is 5.69 Å². The molecule has 2 aliphatic rings. The zero-order valence-corrected chi connectivity index (χ0v) is 12.8. The van der Waals surface area contributed by atoms with Crippen molar-refractivity contribution in [3.05, 3.63) is 29.8 Å². The fourth-order valence-corrected chi connectivity index (χ4v) is 4.54. The van der Waals surface area contributed by atoms with Crippen molar-refractivity contribution in [2.24, 2.45) is 17.8 Å². The lowest BCUT2D eigenvalue weighted by Crippen LogP contribution is -2.42. The number of benzene rings is 1.